The Bertz CT molecular complexity index is 938. The number of anilines is 1. The smallest absolute Gasteiger partial charge is 0.257 e. The maximum Gasteiger partial charge on any atom is 0.257 e. The summed E-state index contributed by atoms with van der Waals surface area (Å²) in [5.41, 5.74) is 1.64. The predicted molar refractivity (Wildman–Crippen MR) is 102 cm³/mol. The van der Waals surface area contributed by atoms with Gasteiger partial charge in [0.1, 0.15) is 5.75 Å². The van der Waals surface area contributed by atoms with Crippen LogP contribution in [0.2, 0.25) is 5.02 Å². The molecule has 3 aromatic rings. The number of amides is 1. The number of nitrogens with zero attached hydrogens (tertiary/aromatic N) is 3. The highest BCUT2D eigenvalue weighted by Gasteiger charge is 2.34. The molecule has 2 aromatic carbocycles. The molecule has 6 nitrogen and oxygen atoms in total. The quantitative estimate of drug-likeness (QED) is 0.656. The van der Waals surface area contributed by atoms with Crippen LogP contribution in [0.25, 0.3) is 11.5 Å². The molecule has 2 heterocycles. The summed E-state index contributed by atoms with van der Waals surface area (Å²) in [6.45, 7) is 3.07. The van der Waals surface area contributed by atoms with Crippen molar-refractivity contribution in [3.63, 3.8) is 0 Å². The van der Waals surface area contributed by atoms with E-state index in [1.807, 2.05) is 43.3 Å². The Kier molecular flexibility index (Phi) is 4.81. The summed E-state index contributed by atoms with van der Waals surface area (Å²) in [4.78, 5) is 18.6. The zero-order valence-electron chi connectivity index (χ0n) is 14.8. The lowest BCUT2D eigenvalue weighted by molar-refractivity contribution is -0.117. The Morgan fingerprint density at radius 1 is 1.19 bits per heavy atom. The molecule has 4 rings (SSSR count). The van der Waals surface area contributed by atoms with Crippen molar-refractivity contribution >= 4 is 23.2 Å². The van der Waals surface area contributed by atoms with Crippen molar-refractivity contribution in [2.75, 3.05) is 18.1 Å². The third-order valence-corrected chi connectivity index (χ3v) is 4.73. The first-order chi connectivity index (χ1) is 13.1. The van der Waals surface area contributed by atoms with Gasteiger partial charge in [0.25, 0.3) is 5.89 Å². The number of carbonyl (C=O) groups excluding carboxylic acids is 1. The minimum absolute atomic E-state index is 0.0368. The van der Waals surface area contributed by atoms with Crippen molar-refractivity contribution in [2.45, 2.75) is 19.3 Å². The molecule has 1 fully saturated rings. The van der Waals surface area contributed by atoms with Crippen LogP contribution >= 0.6 is 11.6 Å². The summed E-state index contributed by atoms with van der Waals surface area (Å²) >= 11 is 5.92. The van der Waals surface area contributed by atoms with E-state index in [1.165, 1.54) is 0 Å². The van der Waals surface area contributed by atoms with E-state index >= 15 is 0 Å². The summed E-state index contributed by atoms with van der Waals surface area (Å²) in [7, 11) is 0. The summed E-state index contributed by atoms with van der Waals surface area (Å²) in [6, 6.07) is 14.7. The molecular weight excluding hydrogens is 366 g/mol. The average molecular weight is 384 g/mol. The van der Waals surface area contributed by atoms with E-state index < -0.39 is 0 Å². The molecule has 0 saturated carbocycles. The second-order valence-corrected chi connectivity index (χ2v) is 6.73. The van der Waals surface area contributed by atoms with E-state index in [4.69, 9.17) is 20.9 Å². The van der Waals surface area contributed by atoms with Crippen molar-refractivity contribution in [2.24, 2.45) is 0 Å². The van der Waals surface area contributed by atoms with Crippen molar-refractivity contribution < 1.29 is 14.1 Å². The molecule has 7 heteroatoms. The van der Waals surface area contributed by atoms with Gasteiger partial charge in [0.2, 0.25) is 5.91 Å². The molecule has 0 N–H and O–H groups in total. The molecule has 1 saturated heterocycles. The molecule has 1 aromatic heterocycles. The zero-order chi connectivity index (χ0) is 18.8. The van der Waals surface area contributed by atoms with Gasteiger partial charge in [-0.15, -0.1) is 0 Å². The lowest BCUT2D eigenvalue weighted by atomic mass is 10.1. The zero-order valence-corrected chi connectivity index (χ0v) is 15.5. The van der Waals surface area contributed by atoms with Crippen LogP contribution < -0.4 is 9.64 Å². The van der Waals surface area contributed by atoms with Crippen molar-refractivity contribution in [1.82, 2.24) is 10.1 Å². The molecule has 138 valence electrons. The highest BCUT2D eigenvalue weighted by molar-refractivity contribution is 6.30. The van der Waals surface area contributed by atoms with Gasteiger partial charge in [0.15, 0.2) is 5.82 Å². The molecular formula is C20H18ClN3O3. The highest BCUT2D eigenvalue weighted by atomic mass is 35.5. The molecule has 1 atom stereocenters. The van der Waals surface area contributed by atoms with Crippen LogP contribution in [0, 0.1) is 0 Å². The summed E-state index contributed by atoms with van der Waals surface area (Å²) in [6.07, 6.45) is 0.352. The fraction of sp³-hybridized carbons (Fsp3) is 0.250. The van der Waals surface area contributed by atoms with Crippen LogP contribution in [0.4, 0.5) is 5.69 Å². The van der Waals surface area contributed by atoms with E-state index in [2.05, 4.69) is 10.1 Å². The largest absolute Gasteiger partial charge is 0.494 e. The topological polar surface area (TPSA) is 68.5 Å². The van der Waals surface area contributed by atoms with E-state index in [-0.39, 0.29) is 11.8 Å². The molecule has 0 bridgehead atoms. The van der Waals surface area contributed by atoms with Gasteiger partial charge < -0.3 is 14.2 Å². The van der Waals surface area contributed by atoms with E-state index in [0.29, 0.717) is 36.3 Å². The molecule has 27 heavy (non-hydrogen) atoms. The van der Waals surface area contributed by atoms with Crippen LogP contribution in [0.1, 0.15) is 25.1 Å². The van der Waals surface area contributed by atoms with E-state index in [0.717, 1.165) is 17.0 Å². The van der Waals surface area contributed by atoms with Gasteiger partial charge in [0.05, 0.1) is 6.61 Å². The highest BCUT2D eigenvalue weighted by Crippen LogP contribution is 2.32. The number of aromatic nitrogens is 2. The second kappa shape index (κ2) is 7.40. The number of hydrogen-bond acceptors (Lipinski definition) is 5. The van der Waals surface area contributed by atoms with E-state index in [9.17, 15) is 4.79 Å². The minimum atomic E-state index is -0.103. The van der Waals surface area contributed by atoms with Crippen molar-refractivity contribution in [1.29, 1.82) is 0 Å². The first-order valence-corrected chi connectivity index (χ1v) is 9.14. The molecule has 0 radical (unpaired) electrons. The van der Waals surface area contributed by atoms with Crippen LogP contribution in [0.5, 0.6) is 5.75 Å². The first kappa shape index (κ1) is 17.5. The number of rotatable bonds is 5. The minimum Gasteiger partial charge on any atom is -0.494 e. The fourth-order valence-electron chi connectivity index (χ4n) is 3.13. The summed E-state index contributed by atoms with van der Waals surface area (Å²) in [5, 5.41) is 4.73. The van der Waals surface area contributed by atoms with Crippen LogP contribution in [0.3, 0.4) is 0 Å². The number of hydrogen-bond donors (Lipinski definition) is 0. The SMILES string of the molecule is CCOc1ccc(-c2nc([C@@H]3CC(=O)N(c4ccc(Cl)cc4)C3)no2)cc1. The third-order valence-electron chi connectivity index (χ3n) is 4.48. The maximum absolute atomic E-state index is 12.4. The normalized spacial score (nSPS) is 16.7. The van der Waals surface area contributed by atoms with Crippen molar-refractivity contribution in [3.8, 4) is 17.2 Å². The Balaban J connectivity index is 1.50. The molecule has 1 aliphatic heterocycles. The number of carbonyl (C=O) groups is 1. The first-order valence-electron chi connectivity index (χ1n) is 8.77. The summed E-state index contributed by atoms with van der Waals surface area (Å²) < 4.78 is 10.8. The summed E-state index contributed by atoms with van der Waals surface area (Å²) in [5.74, 6) is 1.71. The van der Waals surface area contributed by atoms with Crippen LogP contribution in [0.15, 0.2) is 53.1 Å². The van der Waals surface area contributed by atoms with Gasteiger partial charge in [-0.25, -0.2) is 0 Å². The number of halogens is 1. The molecule has 0 spiro atoms. The van der Waals surface area contributed by atoms with Gasteiger partial charge in [-0.05, 0) is 55.5 Å². The predicted octanol–water partition coefficient (Wildman–Crippen LogP) is 4.31. The molecule has 1 amide bonds. The van der Waals surface area contributed by atoms with Crippen LogP contribution in [-0.4, -0.2) is 29.2 Å². The van der Waals surface area contributed by atoms with E-state index in [1.54, 1.807) is 17.0 Å². The fourth-order valence-corrected chi connectivity index (χ4v) is 3.26. The lowest BCUT2D eigenvalue weighted by Crippen LogP contribution is -2.24. The van der Waals surface area contributed by atoms with Gasteiger partial charge in [-0.2, -0.15) is 4.98 Å². The average Bonchev–Trinajstić information content (AvgIpc) is 3.30. The van der Waals surface area contributed by atoms with Gasteiger partial charge >= 0.3 is 0 Å². The molecule has 0 aliphatic carbocycles. The third kappa shape index (κ3) is 3.66. The van der Waals surface area contributed by atoms with Gasteiger partial charge in [0, 0.05) is 35.2 Å². The van der Waals surface area contributed by atoms with Gasteiger partial charge in [-0.1, -0.05) is 16.8 Å². The number of ether oxygens (including phenoxy) is 1. The van der Waals surface area contributed by atoms with Gasteiger partial charge in [-0.3, -0.25) is 4.79 Å². The standard InChI is InChI=1S/C20H18ClN3O3/c1-2-26-17-9-3-13(4-10-17)20-22-19(23-27-20)14-11-18(25)24(12-14)16-7-5-15(21)6-8-16/h3-10,14H,2,11-12H2,1H3/t14-/m1/s1. The monoisotopic (exact) mass is 383 g/mol. The van der Waals surface area contributed by atoms with Crippen LogP contribution in [-0.2, 0) is 4.79 Å². The Hall–Kier alpha value is -2.86. The Labute approximate surface area is 161 Å². The second-order valence-electron chi connectivity index (χ2n) is 6.30. The molecule has 0 unspecified atom stereocenters. The molecule has 1 aliphatic rings. The number of benzene rings is 2. The lowest BCUT2D eigenvalue weighted by Gasteiger charge is -2.16. The Morgan fingerprint density at radius 2 is 1.93 bits per heavy atom. The van der Waals surface area contributed by atoms with Crippen molar-refractivity contribution in [3.05, 3.63) is 59.4 Å². The Morgan fingerprint density at radius 3 is 2.63 bits per heavy atom. The maximum atomic E-state index is 12.4.